The van der Waals surface area contributed by atoms with Crippen LogP contribution in [0.15, 0.2) is 59.7 Å². The number of rotatable bonds is 6. The highest BCUT2D eigenvalue weighted by Crippen LogP contribution is 2.29. The lowest BCUT2D eigenvalue weighted by Crippen LogP contribution is -2.17. The second-order valence-corrected chi connectivity index (χ2v) is 7.49. The van der Waals surface area contributed by atoms with E-state index in [0.29, 0.717) is 18.7 Å². The van der Waals surface area contributed by atoms with E-state index in [1.807, 2.05) is 24.4 Å². The number of hydrogen-bond acceptors (Lipinski definition) is 4. The van der Waals surface area contributed by atoms with Crippen LogP contribution in [-0.2, 0) is 11.3 Å². The van der Waals surface area contributed by atoms with Crippen molar-refractivity contribution in [2.24, 2.45) is 4.99 Å². The maximum Gasteiger partial charge on any atom is 0.251 e. The SMILES string of the molecule is CNC(=O)c1ccc2c(c1)nc(C1=CCC(c3ccc4cc[nH]c4c3)=N1)n2CCOC. The van der Waals surface area contributed by atoms with E-state index in [-0.39, 0.29) is 5.91 Å². The Balaban J connectivity index is 1.55. The van der Waals surface area contributed by atoms with Gasteiger partial charge in [0.1, 0.15) is 5.70 Å². The van der Waals surface area contributed by atoms with Gasteiger partial charge in [-0.05, 0) is 47.4 Å². The molecule has 5 rings (SSSR count). The van der Waals surface area contributed by atoms with Crippen LogP contribution < -0.4 is 5.32 Å². The summed E-state index contributed by atoms with van der Waals surface area (Å²) in [5.74, 6) is 0.659. The van der Waals surface area contributed by atoms with Gasteiger partial charge in [-0.25, -0.2) is 9.98 Å². The first-order valence-corrected chi connectivity index (χ1v) is 10.2. The minimum absolute atomic E-state index is 0.130. The summed E-state index contributed by atoms with van der Waals surface area (Å²) in [6.07, 6.45) is 4.80. The van der Waals surface area contributed by atoms with Crippen LogP contribution >= 0.6 is 0 Å². The van der Waals surface area contributed by atoms with Crippen LogP contribution in [0.4, 0.5) is 0 Å². The molecule has 0 bridgehead atoms. The molecule has 4 aromatic rings. The van der Waals surface area contributed by atoms with Crippen LogP contribution in [0.5, 0.6) is 0 Å². The molecule has 0 atom stereocenters. The minimum atomic E-state index is -0.130. The number of hydrogen-bond donors (Lipinski definition) is 2. The first-order valence-electron chi connectivity index (χ1n) is 10.2. The lowest BCUT2D eigenvalue weighted by Gasteiger charge is -2.08. The number of amides is 1. The molecule has 0 spiro atoms. The highest BCUT2D eigenvalue weighted by Gasteiger charge is 2.20. The smallest absolute Gasteiger partial charge is 0.251 e. The summed E-state index contributed by atoms with van der Waals surface area (Å²) in [7, 11) is 3.31. The van der Waals surface area contributed by atoms with Crippen LogP contribution in [0.1, 0.15) is 28.2 Å². The van der Waals surface area contributed by atoms with E-state index in [9.17, 15) is 4.79 Å². The van der Waals surface area contributed by atoms with Crippen molar-refractivity contribution in [1.82, 2.24) is 19.9 Å². The maximum absolute atomic E-state index is 12.0. The van der Waals surface area contributed by atoms with E-state index in [1.165, 1.54) is 5.39 Å². The molecule has 0 saturated carbocycles. The molecule has 7 nitrogen and oxygen atoms in total. The summed E-state index contributed by atoms with van der Waals surface area (Å²) < 4.78 is 7.42. The van der Waals surface area contributed by atoms with E-state index in [1.54, 1.807) is 14.2 Å². The number of H-pyrrole nitrogens is 1. The van der Waals surface area contributed by atoms with Crippen LogP contribution in [-0.4, -0.2) is 46.9 Å². The molecule has 156 valence electrons. The number of ether oxygens (including phenoxy) is 1. The van der Waals surface area contributed by atoms with Gasteiger partial charge in [0.25, 0.3) is 5.91 Å². The third kappa shape index (κ3) is 3.43. The van der Waals surface area contributed by atoms with Gasteiger partial charge in [-0.2, -0.15) is 0 Å². The lowest BCUT2D eigenvalue weighted by molar-refractivity contribution is 0.0963. The minimum Gasteiger partial charge on any atom is -0.383 e. The van der Waals surface area contributed by atoms with E-state index >= 15 is 0 Å². The Kier molecular flexibility index (Phi) is 4.88. The van der Waals surface area contributed by atoms with Crippen molar-refractivity contribution in [3.63, 3.8) is 0 Å². The summed E-state index contributed by atoms with van der Waals surface area (Å²) >= 11 is 0. The van der Waals surface area contributed by atoms with Gasteiger partial charge in [-0.3, -0.25) is 4.79 Å². The quantitative estimate of drug-likeness (QED) is 0.505. The number of allylic oxidation sites excluding steroid dienone is 1. The van der Waals surface area contributed by atoms with E-state index in [2.05, 4.69) is 45.2 Å². The number of fused-ring (bicyclic) bond motifs is 2. The summed E-state index contributed by atoms with van der Waals surface area (Å²) in [5, 5.41) is 3.85. The summed E-state index contributed by atoms with van der Waals surface area (Å²) in [4.78, 5) is 25.1. The fourth-order valence-corrected chi connectivity index (χ4v) is 4.00. The molecular weight excluding hydrogens is 390 g/mol. The number of nitrogens with one attached hydrogen (secondary N) is 2. The topological polar surface area (TPSA) is 84.3 Å². The van der Waals surface area contributed by atoms with Gasteiger partial charge in [0.15, 0.2) is 5.82 Å². The van der Waals surface area contributed by atoms with Crippen LogP contribution in [0.25, 0.3) is 27.6 Å². The van der Waals surface area contributed by atoms with Gasteiger partial charge in [0.05, 0.1) is 23.4 Å². The number of carbonyl (C=O) groups excluding carboxylic acids is 1. The highest BCUT2D eigenvalue weighted by molar-refractivity contribution is 6.09. The predicted molar refractivity (Wildman–Crippen MR) is 122 cm³/mol. The number of carbonyl (C=O) groups is 1. The molecule has 3 heterocycles. The first kappa shape index (κ1) is 19.3. The fraction of sp³-hybridized carbons (Fsp3) is 0.208. The number of aliphatic imine (C=N–C) groups is 1. The van der Waals surface area contributed by atoms with Crippen molar-refractivity contribution in [2.45, 2.75) is 13.0 Å². The Labute approximate surface area is 179 Å². The second-order valence-electron chi connectivity index (χ2n) is 7.49. The zero-order valence-electron chi connectivity index (χ0n) is 17.5. The van der Waals surface area contributed by atoms with E-state index in [4.69, 9.17) is 14.7 Å². The van der Waals surface area contributed by atoms with Gasteiger partial charge in [-0.1, -0.05) is 12.1 Å². The molecular formula is C24H23N5O2. The third-order valence-electron chi connectivity index (χ3n) is 5.62. The van der Waals surface area contributed by atoms with Crippen molar-refractivity contribution in [3.05, 3.63) is 71.7 Å². The van der Waals surface area contributed by atoms with Crippen molar-refractivity contribution in [2.75, 3.05) is 20.8 Å². The monoisotopic (exact) mass is 413 g/mol. The van der Waals surface area contributed by atoms with Crippen LogP contribution in [0, 0.1) is 0 Å². The molecule has 0 fully saturated rings. The average Bonchev–Trinajstić information content (AvgIpc) is 3.54. The average molecular weight is 413 g/mol. The van der Waals surface area contributed by atoms with Gasteiger partial charge < -0.3 is 19.6 Å². The van der Waals surface area contributed by atoms with Crippen molar-refractivity contribution >= 4 is 39.3 Å². The summed E-state index contributed by atoms with van der Waals surface area (Å²) in [6, 6.07) is 14.0. The zero-order valence-corrected chi connectivity index (χ0v) is 17.5. The molecule has 1 aliphatic rings. The maximum atomic E-state index is 12.0. The van der Waals surface area contributed by atoms with Gasteiger partial charge in [-0.15, -0.1) is 0 Å². The zero-order chi connectivity index (χ0) is 21.4. The highest BCUT2D eigenvalue weighted by atomic mass is 16.5. The number of benzene rings is 2. The Morgan fingerprint density at radius 1 is 1.23 bits per heavy atom. The first-order chi connectivity index (χ1) is 15.2. The molecule has 1 aliphatic heterocycles. The van der Waals surface area contributed by atoms with E-state index in [0.717, 1.165) is 45.8 Å². The number of nitrogens with zero attached hydrogens (tertiary/aromatic N) is 3. The number of aromatic amines is 1. The van der Waals surface area contributed by atoms with Crippen LogP contribution in [0.2, 0.25) is 0 Å². The fourth-order valence-electron chi connectivity index (χ4n) is 4.00. The van der Waals surface area contributed by atoms with Crippen LogP contribution in [0.3, 0.4) is 0 Å². The third-order valence-corrected chi connectivity index (χ3v) is 5.62. The number of imidazole rings is 1. The van der Waals surface area contributed by atoms with Gasteiger partial charge >= 0.3 is 0 Å². The Morgan fingerprint density at radius 2 is 2.13 bits per heavy atom. The largest absolute Gasteiger partial charge is 0.383 e. The standard InChI is InChI=1S/C24H23N5O2/c1-25-24(30)17-5-8-22-21(14-17)28-23(29(22)11-12-31-2)19-7-6-18(27-19)16-4-3-15-9-10-26-20(15)13-16/h3-5,7-10,13-14,26H,6,11-12H2,1-2H3,(H,25,30). The number of aromatic nitrogens is 3. The molecule has 0 aliphatic carbocycles. The molecule has 31 heavy (non-hydrogen) atoms. The van der Waals surface area contributed by atoms with Gasteiger partial charge in [0.2, 0.25) is 0 Å². The molecule has 2 aromatic heterocycles. The molecule has 0 saturated heterocycles. The molecule has 2 aromatic carbocycles. The Morgan fingerprint density at radius 3 is 2.97 bits per heavy atom. The van der Waals surface area contributed by atoms with E-state index < -0.39 is 0 Å². The van der Waals surface area contributed by atoms with Crippen molar-refractivity contribution < 1.29 is 9.53 Å². The van der Waals surface area contributed by atoms with Crippen molar-refractivity contribution in [3.8, 4) is 0 Å². The molecule has 0 unspecified atom stereocenters. The van der Waals surface area contributed by atoms with Gasteiger partial charge in [0, 0.05) is 44.4 Å². The molecule has 0 radical (unpaired) electrons. The molecule has 7 heteroatoms. The second kappa shape index (κ2) is 7.85. The lowest BCUT2D eigenvalue weighted by atomic mass is 10.1. The predicted octanol–water partition coefficient (Wildman–Crippen LogP) is 3.76. The summed E-state index contributed by atoms with van der Waals surface area (Å²) in [6.45, 7) is 1.21. The van der Waals surface area contributed by atoms with Crippen molar-refractivity contribution in [1.29, 1.82) is 0 Å². The molecule has 1 amide bonds. The summed E-state index contributed by atoms with van der Waals surface area (Å²) in [5.41, 5.74) is 6.37. The normalized spacial score (nSPS) is 13.6. The Bertz CT molecular complexity index is 1360. The Hall–Kier alpha value is -3.71. The number of methoxy groups -OCH3 is 1. The molecule has 2 N–H and O–H groups in total.